The number of amides is 2. The maximum absolute atomic E-state index is 13.5. The summed E-state index contributed by atoms with van der Waals surface area (Å²) < 4.78 is 0. The first-order valence-electron chi connectivity index (χ1n) is 9.75. The summed E-state index contributed by atoms with van der Waals surface area (Å²) in [6.07, 6.45) is 0. The second kappa shape index (κ2) is 8.22. The van der Waals surface area contributed by atoms with Crippen molar-refractivity contribution in [3.63, 3.8) is 0 Å². The molecule has 1 aliphatic rings. The Bertz CT molecular complexity index is 1250. The fourth-order valence-corrected chi connectivity index (χ4v) is 3.79. The molecule has 0 unspecified atom stereocenters. The van der Waals surface area contributed by atoms with E-state index in [0.29, 0.717) is 26.9 Å². The van der Waals surface area contributed by atoms with Crippen LogP contribution >= 0.6 is 23.2 Å². The Hall–Kier alpha value is -3.08. The lowest BCUT2D eigenvalue weighted by Gasteiger charge is -2.17. The number of aryl methyl sites for hydroxylation is 3. The molecule has 0 aromatic heterocycles. The van der Waals surface area contributed by atoms with Crippen LogP contribution < -0.4 is 10.2 Å². The van der Waals surface area contributed by atoms with Gasteiger partial charge in [-0.1, -0.05) is 53.5 Å². The fraction of sp³-hybridized carbons (Fsp3) is 0.120. The third-order valence-electron chi connectivity index (χ3n) is 5.28. The van der Waals surface area contributed by atoms with Gasteiger partial charge in [-0.3, -0.25) is 9.59 Å². The van der Waals surface area contributed by atoms with Crippen molar-refractivity contribution in [3.8, 4) is 0 Å². The van der Waals surface area contributed by atoms with Crippen LogP contribution in [0.2, 0.25) is 10.0 Å². The third-order valence-corrected chi connectivity index (χ3v) is 5.94. The van der Waals surface area contributed by atoms with Crippen molar-refractivity contribution in [1.29, 1.82) is 0 Å². The van der Waals surface area contributed by atoms with E-state index < -0.39 is 11.8 Å². The molecule has 156 valence electrons. The zero-order valence-corrected chi connectivity index (χ0v) is 18.8. The Morgan fingerprint density at radius 1 is 0.774 bits per heavy atom. The van der Waals surface area contributed by atoms with Crippen LogP contribution in [0.1, 0.15) is 22.3 Å². The molecule has 0 radical (unpaired) electrons. The Morgan fingerprint density at radius 2 is 1.45 bits per heavy atom. The van der Waals surface area contributed by atoms with Crippen LogP contribution in [0.5, 0.6) is 0 Å². The van der Waals surface area contributed by atoms with Crippen molar-refractivity contribution >= 4 is 52.0 Å². The second-order valence-electron chi connectivity index (χ2n) is 7.58. The highest BCUT2D eigenvalue weighted by Crippen LogP contribution is 2.36. The van der Waals surface area contributed by atoms with Crippen molar-refractivity contribution < 1.29 is 9.59 Å². The number of halogens is 2. The van der Waals surface area contributed by atoms with E-state index in [1.165, 1.54) is 0 Å². The minimum absolute atomic E-state index is 0.220. The molecule has 4 nitrogen and oxygen atoms in total. The standard InChI is InChI=1S/C25H20Cl2N2O2/c1-14-4-5-16(3)21(12-14)28-23-22(17-7-9-18(26)10-8-17)24(30)29(25(23)31)19-11-6-15(2)20(27)13-19/h4-13,28H,1-3H3. The molecule has 1 aliphatic heterocycles. The first-order valence-corrected chi connectivity index (χ1v) is 10.5. The van der Waals surface area contributed by atoms with Crippen molar-refractivity contribution in [1.82, 2.24) is 0 Å². The predicted molar refractivity (Wildman–Crippen MR) is 127 cm³/mol. The maximum Gasteiger partial charge on any atom is 0.282 e. The molecule has 1 N–H and O–H groups in total. The summed E-state index contributed by atoms with van der Waals surface area (Å²) >= 11 is 12.3. The predicted octanol–water partition coefficient (Wildman–Crippen LogP) is 6.32. The highest BCUT2D eigenvalue weighted by Gasteiger charge is 2.40. The summed E-state index contributed by atoms with van der Waals surface area (Å²) in [6.45, 7) is 5.79. The molecule has 0 fully saturated rings. The number of nitrogens with zero attached hydrogens (tertiary/aromatic N) is 1. The summed E-state index contributed by atoms with van der Waals surface area (Å²) in [5.74, 6) is -0.851. The van der Waals surface area contributed by atoms with Crippen LogP contribution in [0, 0.1) is 20.8 Å². The molecule has 0 bridgehead atoms. The molecule has 3 aromatic rings. The summed E-state index contributed by atoms with van der Waals surface area (Å²) in [4.78, 5) is 28.1. The third kappa shape index (κ3) is 3.97. The van der Waals surface area contributed by atoms with Crippen LogP contribution in [0.15, 0.2) is 66.4 Å². The molecule has 6 heteroatoms. The number of anilines is 2. The lowest BCUT2D eigenvalue weighted by Crippen LogP contribution is -2.32. The number of hydrogen-bond acceptors (Lipinski definition) is 3. The fourth-order valence-electron chi connectivity index (χ4n) is 3.49. The van der Waals surface area contributed by atoms with Gasteiger partial charge in [0.15, 0.2) is 0 Å². The molecule has 0 saturated carbocycles. The number of benzene rings is 3. The zero-order valence-electron chi connectivity index (χ0n) is 17.3. The van der Waals surface area contributed by atoms with E-state index in [0.717, 1.165) is 27.3 Å². The average molecular weight is 451 g/mol. The molecular formula is C25H20Cl2N2O2. The van der Waals surface area contributed by atoms with E-state index in [2.05, 4.69) is 5.32 Å². The number of nitrogens with one attached hydrogen (secondary N) is 1. The van der Waals surface area contributed by atoms with E-state index in [9.17, 15) is 9.59 Å². The van der Waals surface area contributed by atoms with Gasteiger partial charge in [0.1, 0.15) is 5.70 Å². The van der Waals surface area contributed by atoms with E-state index >= 15 is 0 Å². The number of imide groups is 1. The van der Waals surface area contributed by atoms with Crippen LogP contribution in [0.4, 0.5) is 11.4 Å². The molecule has 2 amide bonds. The smallest absolute Gasteiger partial charge is 0.282 e. The monoisotopic (exact) mass is 450 g/mol. The van der Waals surface area contributed by atoms with E-state index in [1.54, 1.807) is 42.5 Å². The van der Waals surface area contributed by atoms with E-state index in [-0.39, 0.29) is 5.70 Å². The van der Waals surface area contributed by atoms with Gasteiger partial charge in [-0.25, -0.2) is 4.90 Å². The van der Waals surface area contributed by atoms with Crippen LogP contribution in [-0.4, -0.2) is 11.8 Å². The lowest BCUT2D eigenvalue weighted by atomic mass is 10.0. The Kier molecular flexibility index (Phi) is 5.61. The van der Waals surface area contributed by atoms with E-state index in [1.807, 2.05) is 39.0 Å². The van der Waals surface area contributed by atoms with Gasteiger partial charge in [0.25, 0.3) is 11.8 Å². The largest absolute Gasteiger partial charge is 0.350 e. The van der Waals surface area contributed by atoms with Crippen molar-refractivity contribution in [2.24, 2.45) is 0 Å². The molecule has 4 rings (SSSR count). The van der Waals surface area contributed by atoms with Crippen molar-refractivity contribution in [3.05, 3.63) is 98.7 Å². The van der Waals surface area contributed by atoms with Gasteiger partial charge in [-0.05, 0) is 73.4 Å². The summed E-state index contributed by atoms with van der Waals surface area (Å²) in [5.41, 5.74) is 5.19. The number of hydrogen-bond donors (Lipinski definition) is 1. The molecular weight excluding hydrogens is 431 g/mol. The first-order chi connectivity index (χ1) is 14.8. The van der Waals surface area contributed by atoms with Gasteiger partial charge >= 0.3 is 0 Å². The van der Waals surface area contributed by atoms with Gasteiger partial charge in [0.2, 0.25) is 0 Å². The summed E-state index contributed by atoms with van der Waals surface area (Å²) in [6, 6.07) is 17.9. The minimum Gasteiger partial charge on any atom is -0.350 e. The molecule has 3 aromatic carbocycles. The van der Waals surface area contributed by atoms with Gasteiger partial charge in [-0.2, -0.15) is 0 Å². The number of rotatable bonds is 4. The van der Waals surface area contributed by atoms with Crippen LogP contribution in [-0.2, 0) is 9.59 Å². The molecule has 0 spiro atoms. The normalized spacial score (nSPS) is 13.9. The van der Waals surface area contributed by atoms with Crippen LogP contribution in [0.25, 0.3) is 5.57 Å². The Labute approximate surface area is 191 Å². The minimum atomic E-state index is -0.434. The number of carbonyl (C=O) groups excluding carboxylic acids is 2. The molecule has 0 atom stereocenters. The quantitative estimate of drug-likeness (QED) is 0.473. The number of carbonyl (C=O) groups is 2. The van der Waals surface area contributed by atoms with Gasteiger partial charge in [0.05, 0.1) is 11.3 Å². The molecule has 0 saturated heterocycles. The SMILES string of the molecule is Cc1ccc(C)c(NC2=C(c3ccc(Cl)cc3)C(=O)N(c3ccc(C)c(Cl)c3)C2=O)c1. The zero-order chi connectivity index (χ0) is 22.3. The van der Waals surface area contributed by atoms with Crippen molar-refractivity contribution in [2.75, 3.05) is 10.2 Å². The summed E-state index contributed by atoms with van der Waals surface area (Å²) in [7, 11) is 0. The topological polar surface area (TPSA) is 49.4 Å². The first kappa shape index (κ1) is 21.2. The van der Waals surface area contributed by atoms with E-state index in [4.69, 9.17) is 23.2 Å². The average Bonchev–Trinajstić information content (AvgIpc) is 2.97. The Balaban J connectivity index is 1.85. The Morgan fingerprint density at radius 3 is 2.13 bits per heavy atom. The summed E-state index contributed by atoms with van der Waals surface area (Å²) in [5, 5.41) is 4.26. The van der Waals surface area contributed by atoms with Gasteiger partial charge < -0.3 is 5.32 Å². The second-order valence-corrected chi connectivity index (χ2v) is 8.42. The van der Waals surface area contributed by atoms with Crippen molar-refractivity contribution in [2.45, 2.75) is 20.8 Å². The van der Waals surface area contributed by atoms with Gasteiger partial charge in [0, 0.05) is 15.7 Å². The molecule has 31 heavy (non-hydrogen) atoms. The molecule has 1 heterocycles. The maximum atomic E-state index is 13.5. The molecule has 0 aliphatic carbocycles. The highest BCUT2D eigenvalue weighted by molar-refractivity contribution is 6.46. The highest BCUT2D eigenvalue weighted by atomic mass is 35.5. The van der Waals surface area contributed by atoms with Gasteiger partial charge in [-0.15, -0.1) is 0 Å². The lowest BCUT2D eigenvalue weighted by molar-refractivity contribution is -0.120. The van der Waals surface area contributed by atoms with Crippen LogP contribution in [0.3, 0.4) is 0 Å².